The highest BCUT2D eigenvalue weighted by Gasteiger charge is 2.36. The van der Waals surface area contributed by atoms with E-state index in [1.165, 1.54) is 16.7 Å². The van der Waals surface area contributed by atoms with Gasteiger partial charge in [0, 0.05) is 17.9 Å². The number of hydrogen-bond acceptors (Lipinski definition) is 2. The summed E-state index contributed by atoms with van der Waals surface area (Å²) >= 11 is 0. The average molecular weight is 278 g/mol. The van der Waals surface area contributed by atoms with E-state index in [9.17, 15) is 4.79 Å². The fraction of sp³-hybridized carbons (Fsp3) is 0.278. The predicted octanol–water partition coefficient (Wildman–Crippen LogP) is 2.89. The molecule has 1 aliphatic heterocycles. The zero-order valence-corrected chi connectivity index (χ0v) is 11.9. The van der Waals surface area contributed by atoms with Gasteiger partial charge >= 0.3 is 0 Å². The zero-order chi connectivity index (χ0) is 14.4. The molecule has 0 radical (unpaired) electrons. The minimum Gasteiger partial charge on any atom is -0.399 e. The van der Waals surface area contributed by atoms with E-state index in [1.807, 2.05) is 29.2 Å². The minimum atomic E-state index is 0.0218. The van der Waals surface area contributed by atoms with Gasteiger partial charge in [-0.05, 0) is 48.1 Å². The number of carbonyl (C=O) groups excluding carboxylic acids is 1. The fourth-order valence-corrected chi connectivity index (χ4v) is 3.49. The van der Waals surface area contributed by atoms with Crippen molar-refractivity contribution in [3.8, 4) is 0 Å². The molecular weight excluding hydrogens is 260 g/mol. The topological polar surface area (TPSA) is 46.3 Å². The van der Waals surface area contributed by atoms with Crippen LogP contribution in [0, 0.1) is 0 Å². The van der Waals surface area contributed by atoms with Crippen LogP contribution >= 0.6 is 0 Å². The lowest BCUT2D eigenvalue weighted by molar-refractivity contribution is -0.120. The van der Waals surface area contributed by atoms with Crippen molar-refractivity contribution in [2.45, 2.75) is 25.2 Å². The van der Waals surface area contributed by atoms with E-state index >= 15 is 0 Å². The van der Waals surface area contributed by atoms with Crippen molar-refractivity contribution >= 4 is 17.3 Å². The molecule has 4 rings (SSSR count). The summed E-state index contributed by atoms with van der Waals surface area (Å²) in [6.45, 7) is 0.800. The van der Waals surface area contributed by atoms with Gasteiger partial charge in [-0.3, -0.25) is 4.79 Å². The first-order chi connectivity index (χ1) is 10.2. The molecular formula is C18H18N2O. The standard InChI is InChI=1S/C18H18N2O/c19-14-8-7-12-5-3-9-20(17(12)11-14)18(21)16-10-13-4-1-2-6-15(13)16/h1-2,4,6-8,11,16H,3,5,9-10,19H2. The first-order valence-corrected chi connectivity index (χ1v) is 7.51. The Bertz CT molecular complexity index is 723. The summed E-state index contributed by atoms with van der Waals surface area (Å²) in [4.78, 5) is 14.8. The fourth-order valence-electron chi connectivity index (χ4n) is 3.49. The lowest BCUT2D eigenvalue weighted by Crippen LogP contribution is -2.42. The Kier molecular flexibility index (Phi) is 2.74. The molecule has 0 bridgehead atoms. The number of aryl methyl sites for hydroxylation is 1. The third kappa shape index (κ3) is 1.92. The molecule has 1 amide bonds. The van der Waals surface area contributed by atoms with Crippen LogP contribution in [0.3, 0.4) is 0 Å². The quantitative estimate of drug-likeness (QED) is 0.815. The Balaban J connectivity index is 1.67. The van der Waals surface area contributed by atoms with Gasteiger partial charge in [0.1, 0.15) is 0 Å². The Morgan fingerprint density at radius 2 is 2.00 bits per heavy atom. The van der Waals surface area contributed by atoms with Gasteiger partial charge in [0.05, 0.1) is 5.92 Å². The van der Waals surface area contributed by atoms with Crippen molar-refractivity contribution < 1.29 is 4.79 Å². The largest absolute Gasteiger partial charge is 0.399 e. The molecule has 0 spiro atoms. The molecule has 0 saturated carbocycles. The van der Waals surface area contributed by atoms with Crippen LogP contribution in [0.2, 0.25) is 0 Å². The number of carbonyl (C=O) groups is 1. The minimum absolute atomic E-state index is 0.0218. The maximum Gasteiger partial charge on any atom is 0.234 e. The van der Waals surface area contributed by atoms with E-state index in [4.69, 9.17) is 5.73 Å². The van der Waals surface area contributed by atoms with Gasteiger partial charge < -0.3 is 10.6 Å². The molecule has 21 heavy (non-hydrogen) atoms. The monoisotopic (exact) mass is 278 g/mol. The van der Waals surface area contributed by atoms with E-state index in [-0.39, 0.29) is 11.8 Å². The summed E-state index contributed by atoms with van der Waals surface area (Å²) in [5.74, 6) is 0.244. The lowest BCUT2D eigenvalue weighted by atomic mass is 9.76. The molecule has 106 valence electrons. The van der Waals surface area contributed by atoms with Gasteiger partial charge in [0.25, 0.3) is 0 Å². The van der Waals surface area contributed by atoms with Crippen molar-refractivity contribution in [3.63, 3.8) is 0 Å². The van der Waals surface area contributed by atoms with Crippen LogP contribution in [-0.4, -0.2) is 12.5 Å². The first-order valence-electron chi connectivity index (χ1n) is 7.51. The van der Waals surface area contributed by atoms with Gasteiger partial charge in [-0.25, -0.2) is 0 Å². The van der Waals surface area contributed by atoms with Crippen LogP contribution < -0.4 is 10.6 Å². The first kappa shape index (κ1) is 12.5. The second-order valence-electron chi connectivity index (χ2n) is 5.94. The average Bonchev–Trinajstić information content (AvgIpc) is 2.47. The number of amides is 1. The van der Waals surface area contributed by atoms with E-state index in [0.717, 1.165) is 37.2 Å². The second kappa shape index (κ2) is 4.62. The number of hydrogen-bond donors (Lipinski definition) is 1. The number of fused-ring (bicyclic) bond motifs is 2. The maximum atomic E-state index is 12.9. The second-order valence-corrected chi connectivity index (χ2v) is 5.94. The van der Waals surface area contributed by atoms with Crippen LogP contribution in [0.25, 0.3) is 0 Å². The van der Waals surface area contributed by atoms with E-state index < -0.39 is 0 Å². The van der Waals surface area contributed by atoms with Gasteiger partial charge in [0.2, 0.25) is 5.91 Å². The SMILES string of the molecule is Nc1ccc2c(c1)N(C(=O)C1Cc3ccccc31)CCC2. The van der Waals surface area contributed by atoms with Gasteiger partial charge in [-0.2, -0.15) is 0 Å². The highest BCUT2D eigenvalue weighted by Crippen LogP contribution is 2.39. The number of anilines is 2. The molecule has 1 atom stereocenters. The van der Waals surface area contributed by atoms with E-state index in [1.54, 1.807) is 0 Å². The molecule has 2 N–H and O–H groups in total. The van der Waals surface area contributed by atoms with E-state index in [2.05, 4.69) is 18.2 Å². The van der Waals surface area contributed by atoms with E-state index in [0.29, 0.717) is 0 Å². The van der Waals surface area contributed by atoms with Crippen LogP contribution in [-0.2, 0) is 17.6 Å². The number of nitrogens with two attached hydrogens (primary N) is 1. The summed E-state index contributed by atoms with van der Waals surface area (Å²) in [5.41, 5.74) is 11.4. The third-order valence-corrected chi connectivity index (χ3v) is 4.65. The Morgan fingerprint density at radius 1 is 1.14 bits per heavy atom. The molecule has 2 aromatic carbocycles. The number of benzene rings is 2. The number of nitrogens with zero attached hydrogens (tertiary/aromatic N) is 1. The van der Waals surface area contributed by atoms with Crippen LogP contribution in [0.5, 0.6) is 0 Å². The molecule has 0 aromatic heterocycles. The summed E-state index contributed by atoms with van der Waals surface area (Å²) in [5, 5.41) is 0. The molecule has 1 heterocycles. The highest BCUT2D eigenvalue weighted by atomic mass is 16.2. The van der Waals surface area contributed by atoms with Gasteiger partial charge in [0.15, 0.2) is 0 Å². The van der Waals surface area contributed by atoms with Crippen molar-refractivity contribution in [1.29, 1.82) is 0 Å². The molecule has 3 heteroatoms. The predicted molar refractivity (Wildman–Crippen MR) is 84.4 cm³/mol. The smallest absolute Gasteiger partial charge is 0.234 e. The van der Waals surface area contributed by atoms with Crippen molar-refractivity contribution in [1.82, 2.24) is 0 Å². The normalized spacial score (nSPS) is 19.4. The van der Waals surface area contributed by atoms with Gasteiger partial charge in [-0.15, -0.1) is 0 Å². The Labute approximate surface area is 124 Å². The molecule has 1 unspecified atom stereocenters. The third-order valence-electron chi connectivity index (χ3n) is 4.65. The maximum absolute atomic E-state index is 12.9. The zero-order valence-electron chi connectivity index (χ0n) is 11.9. The Morgan fingerprint density at radius 3 is 2.86 bits per heavy atom. The lowest BCUT2D eigenvalue weighted by Gasteiger charge is -2.36. The molecule has 0 fully saturated rings. The summed E-state index contributed by atoms with van der Waals surface area (Å²) in [6, 6.07) is 14.2. The van der Waals surface area contributed by atoms with Gasteiger partial charge in [-0.1, -0.05) is 30.3 Å². The number of rotatable bonds is 1. The summed E-state index contributed by atoms with van der Waals surface area (Å²) in [6.07, 6.45) is 2.92. The molecule has 2 aromatic rings. The molecule has 3 nitrogen and oxygen atoms in total. The van der Waals surface area contributed by atoms with Crippen LogP contribution in [0.15, 0.2) is 42.5 Å². The molecule has 2 aliphatic rings. The Hall–Kier alpha value is -2.29. The van der Waals surface area contributed by atoms with Crippen molar-refractivity contribution in [3.05, 3.63) is 59.2 Å². The molecule has 1 aliphatic carbocycles. The molecule has 0 saturated heterocycles. The summed E-state index contributed by atoms with van der Waals surface area (Å²) < 4.78 is 0. The van der Waals surface area contributed by atoms with Crippen molar-refractivity contribution in [2.75, 3.05) is 17.2 Å². The summed E-state index contributed by atoms with van der Waals surface area (Å²) in [7, 11) is 0. The van der Waals surface area contributed by atoms with Crippen LogP contribution in [0.1, 0.15) is 29.0 Å². The van der Waals surface area contributed by atoms with Crippen LogP contribution in [0.4, 0.5) is 11.4 Å². The highest BCUT2D eigenvalue weighted by molar-refractivity contribution is 6.01. The van der Waals surface area contributed by atoms with Crippen molar-refractivity contribution in [2.24, 2.45) is 0 Å². The number of nitrogen functional groups attached to an aromatic ring is 1.